The number of anilines is 1. The normalized spacial score (nSPS) is 10.4. The van der Waals surface area contributed by atoms with Gasteiger partial charge in [-0.15, -0.1) is 5.10 Å². The quantitative estimate of drug-likeness (QED) is 0.902. The van der Waals surface area contributed by atoms with Crippen molar-refractivity contribution in [2.75, 3.05) is 5.32 Å². The van der Waals surface area contributed by atoms with Crippen molar-refractivity contribution in [3.63, 3.8) is 0 Å². The molecule has 0 atom stereocenters. The molecule has 18 heavy (non-hydrogen) atoms. The van der Waals surface area contributed by atoms with Gasteiger partial charge >= 0.3 is 6.01 Å². The van der Waals surface area contributed by atoms with E-state index in [2.05, 4.69) is 15.5 Å². The molecule has 1 amide bonds. The van der Waals surface area contributed by atoms with Crippen LogP contribution < -0.4 is 5.32 Å². The zero-order valence-corrected chi connectivity index (χ0v) is 10.7. The fourth-order valence-electron chi connectivity index (χ4n) is 1.68. The summed E-state index contributed by atoms with van der Waals surface area (Å²) in [5.41, 5.74) is 2.65. The second-order valence-corrected chi connectivity index (χ2v) is 4.13. The van der Waals surface area contributed by atoms with Crippen LogP contribution in [0.3, 0.4) is 0 Å². The molecule has 1 aromatic carbocycles. The number of nitrogens with one attached hydrogen (secondary N) is 1. The molecule has 0 bridgehead atoms. The lowest BCUT2D eigenvalue weighted by atomic mass is 10.1. The predicted molar refractivity (Wildman–Crippen MR) is 67.5 cm³/mol. The van der Waals surface area contributed by atoms with E-state index >= 15 is 0 Å². The van der Waals surface area contributed by atoms with Crippen molar-refractivity contribution in [1.82, 2.24) is 10.2 Å². The summed E-state index contributed by atoms with van der Waals surface area (Å²) in [6, 6.07) is 5.78. The molecular formula is C13H15N3O2. The number of nitrogens with zero attached hydrogens (tertiary/aromatic N) is 2. The van der Waals surface area contributed by atoms with Crippen molar-refractivity contribution in [3.05, 3.63) is 40.8 Å². The second-order valence-electron chi connectivity index (χ2n) is 4.13. The molecule has 1 N–H and O–H groups in total. The van der Waals surface area contributed by atoms with Gasteiger partial charge < -0.3 is 4.42 Å². The van der Waals surface area contributed by atoms with Crippen molar-refractivity contribution in [3.8, 4) is 0 Å². The molecule has 0 spiro atoms. The van der Waals surface area contributed by atoms with Crippen LogP contribution in [-0.4, -0.2) is 16.1 Å². The molecule has 5 heteroatoms. The van der Waals surface area contributed by atoms with Crippen LogP contribution >= 0.6 is 0 Å². The first-order valence-electron chi connectivity index (χ1n) is 5.81. The fraction of sp³-hybridized carbons (Fsp3) is 0.308. The van der Waals surface area contributed by atoms with E-state index in [1.165, 1.54) is 0 Å². The molecule has 1 aromatic heterocycles. The van der Waals surface area contributed by atoms with E-state index in [4.69, 9.17) is 4.42 Å². The highest BCUT2D eigenvalue weighted by atomic mass is 16.4. The van der Waals surface area contributed by atoms with Crippen LogP contribution in [-0.2, 0) is 6.42 Å². The van der Waals surface area contributed by atoms with Gasteiger partial charge in [-0.3, -0.25) is 10.1 Å². The molecule has 0 saturated carbocycles. The van der Waals surface area contributed by atoms with Crippen LogP contribution in [0.2, 0.25) is 0 Å². The molecule has 2 rings (SSSR count). The minimum Gasteiger partial charge on any atom is -0.408 e. The largest absolute Gasteiger partial charge is 0.408 e. The third-order valence-corrected chi connectivity index (χ3v) is 2.62. The average molecular weight is 245 g/mol. The van der Waals surface area contributed by atoms with E-state index in [9.17, 15) is 4.79 Å². The van der Waals surface area contributed by atoms with E-state index in [0.29, 0.717) is 17.9 Å². The van der Waals surface area contributed by atoms with Gasteiger partial charge in [-0.05, 0) is 25.5 Å². The first-order chi connectivity index (χ1) is 8.60. The van der Waals surface area contributed by atoms with Gasteiger partial charge in [0.2, 0.25) is 5.89 Å². The molecule has 0 fully saturated rings. The third kappa shape index (κ3) is 2.56. The third-order valence-electron chi connectivity index (χ3n) is 2.62. The Balaban J connectivity index is 2.16. The summed E-state index contributed by atoms with van der Waals surface area (Å²) >= 11 is 0. The predicted octanol–water partition coefficient (Wildman–Crippen LogP) is 2.50. The maximum Gasteiger partial charge on any atom is 0.322 e. The minimum absolute atomic E-state index is 0.136. The summed E-state index contributed by atoms with van der Waals surface area (Å²) in [6.07, 6.45) is 0.645. The molecule has 0 unspecified atom stereocenters. The number of carbonyl (C=O) groups is 1. The Hall–Kier alpha value is -2.17. The Morgan fingerprint density at radius 1 is 1.33 bits per heavy atom. The van der Waals surface area contributed by atoms with Crippen molar-refractivity contribution >= 4 is 11.9 Å². The molecule has 0 saturated heterocycles. The highest BCUT2D eigenvalue weighted by Crippen LogP contribution is 2.13. The smallest absolute Gasteiger partial charge is 0.322 e. The van der Waals surface area contributed by atoms with E-state index in [1.54, 1.807) is 6.07 Å². The van der Waals surface area contributed by atoms with E-state index < -0.39 is 0 Å². The highest BCUT2D eigenvalue weighted by molar-refractivity contribution is 6.04. The number of rotatable bonds is 3. The number of amides is 1. The van der Waals surface area contributed by atoms with Gasteiger partial charge in [-0.1, -0.05) is 29.7 Å². The molecule has 5 nitrogen and oxygen atoms in total. The van der Waals surface area contributed by atoms with Crippen LogP contribution in [0.15, 0.2) is 22.6 Å². The molecule has 0 aliphatic rings. The molecule has 0 aliphatic carbocycles. The lowest BCUT2D eigenvalue weighted by Crippen LogP contribution is -2.13. The summed E-state index contributed by atoms with van der Waals surface area (Å²) in [4.78, 5) is 12.0. The number of hydrogen-bond donors (Lipinski definition) is 1. The van der Waals surface area contributed by atoms with Crippen LogP contribution in [0.4, 0.5) is 6.01 Å². The van der Waals surface area contributed by atoms with E-state index in [1.807, 2.05) is 32.9 Å². The lowest BCUT2D eigenvalue weighted by molar-refractivity contribution is 0.102. The van der Waals surface area contributed by atoms with Gasteiger partial charge in [0.15, 0.2) is 0 Å². The van der Waals surface area contributed by atoms with Gasteiger partial charge in [0, 0.05) is 12.0 Å². The van der Waals surface area contributed by atoms with Gasteiger partial charge in [-0.25, -0.2) is 0 Å². The molecule has 2 aromatic rings. The van der Waals surface area contributed by atoms with Crippen molar-refractivity contribution < 1.29 is 9.21 Å². The molecule has 94 valence electrons. The number of carbonyl (C=O) groups excluding carboxylic acids is 1. The van der Waals surface area contributed by atoms with Gasteiger partial charge in [0.25, 0.3) is 5.91 Å². The summed E-state index contributed by atoms with van der Waals surface area (Å²) in [7, 11) is 0. The number of aromatic nitrogens is 2. The van der Waals surface area contributed by atoms with E-state index in [0.717, 1.165) is 11.1 Å². The van der Waals surface area contributed by atoms with Crippen LogP contribution in [0, 0.1) is 13.8 Å². The zero-order valence-electron chi connectivity index (χ0n) is 10.7. The number of aryl methyl sites for hydroxylation is 3. The van der Waals surface area contributed by atoms with Gasteiger partial charge in [0.05, 0.1) is 0 Å². The maximum atomic E-state index is 12.0. The second kappa shape index (κ2) is 5.00. The Bertz CT molecular complexity index is 575. The monoisotopic (exact) mass is 245 g/mol. The first-order valence-corrected chi connectivity index (χ1v) is 5.81. The van der Waals surface area contributed by atoms with Crippen LogP contribution in [0.5, 0.6) is 0 Å². The van der Waals surface area contributed by atoms with Crippen molar-refractivity contribution in [2.45, 2.75) is 27.2 Å². The topological polar surface area (TPSA) is 68.0 Å². The zero-order chi connectivity index (χ0) is 13.1. The van der Waals surface area contributed by atoms with Gasteiger partial charge in [-0.2, -0.15) is 0 Å². The fourth-order valence-corrected chi connectivity index (χ4v) is 1.68. The minimum atomic E-state index is -0.237. The SMILES string of the molecule is CCc1nnc(NC(=O)c2ccc(C)cc2C)o1. The number of benzene rings is 1. The number of hydrogen-bond acceptors (Lipinski definition) is 4. The summed E-state index contributed by atoms with van der Waals surface area (Å²) in [5.74, 6) is 0.268. The van der Waals surface area contributed by atoms with Crippen molar-refractivity contribution in [1.29, 1.82) is 0 Å². The summed E-state index contributed by atoms with van der Waals surface area (Å²) in [6.45, 7) is 5.79. The Morgan fingerprint density at radius 3 is 2.72 bits per heavy atom. The van der Waals surface area contributed by atoms with Gasteiger partial charge in [0.1, 0.15) is 0 Å². The highest BCUT2D eigenvalue weighted by Gasteiger charge is 2.12. The average Bonchev–Trinajstić information content (AvgIpc) is 2.76. The van der Waals surface area contributed by atoms with E-state index in [-0.39, 0.29) is 11.9 Å². The van der Waals surface area contributed by atoms with Crippen molar-refractivity contribution in [2.24, 2.45) is 0 Å². The Morgan fingerprint density at radius 2 is 2.11 bits per heavy atom. The Kier molecular flexibility index (Phi) is 3.41. The molecular weight excluding hydrogens is 230 g/mol. The first kappa shape index (κ1) is 12.3. The molecule has 1 heterocycles. The van der Waals surface area contributed by atoms with Crippen LogP contribution in [0.25, 0.3) is 0 Å². The standard InChI is InChI=1S/C13H15N3O2/c1-4-11-15-16-13(18-11)14-12(17)10-6-5-8(2)7-9(10)3/h5-7H,4H2,1-3H3,(H,14,16,17). The Labute approximate surface area is 105 Å². The lowest BCUT2D eigenvalue weighted by Gasteiger charge is -2.05. The summed E-state index contributed by atoms with van der Waals surface area (Å²) in [5, 5.41) is 10.1. The van der Waals surface area contributed by atoms with Crippen LogP contribution in [0.1, 0.15) is 34.3 Å². The molecule has 0 radical (unpaired) electrons. The molecule has 0 aliphatic heterocycles. The summed E-state index contributed by atoms with van der Waals surface area (Å²) < 4.78 is 5.23. The maximum absolute atomic E-state index is 12.0.